The number of benzene rings is 3. The molecular formula is C28H24N2O2. The van der Waals surface area contributed by atoms with Crippen LogP contribution in [0.2, 0.25) is 0 Å². The van der Waals surface area contributed by atoms with Crippen molar-refractivity contribution in [2.75, 3.05) is 4.90 Å². The summed E-state index contributed by atoms with van der Waals surface area (Å²) in [6, 6.07) is 28.1. The average molecular weight is 421 g/mol. The monoisotopic (exact) mass is 420 g/mol. The molecule has 158 valence electrons. The molecule has 3 atom stereocenters. The Labute approximate surface area is 187 Å². The lowest BCUT2D eigenvalue weighted by Gasteiger charge is -2.29. The maximum atomic E-state index is 13.8. The first kappa shape index (κ1) is 19.1. The summed E-state index contributed by atoms with van der Waals surface area (Å²) in [6.07, 6.45) is 0.699. The molecule has 2 amide bonds. The molecule has 0 unspecified atom stereocenters. The number of amides is 2. The van der Waals surface area contributed by atoms with Crippen molar-refractivity contribution in [3.8, 4) is 0 Å². The molecule has 0 bridgehead atoms. The normalized spacial score (nSPS) is 22.3. The van der Waals surface area contributed by atoms with Gasteiger partial charge in [0.2, 0.25) is 11.8 Å². The van der Waals surface area contributed by atoms with Gasteiger partial charge in [-0.05, 0) is 41.7 Å². The fourth-order valence-corrected chi connectivity index (χ4v) is 5.74. The molecule has 1 aliphatic carbocycles. The van der Waals surface area contributed by atoms with Crippen LogP contribution in [0.3, 0.4) is 0 Å². The molecule has 4 aromatic rings. The van der Waals surface area contributed by atoms with Crippen LogP contribution < -0.4 is 4.90 Å². The summed E-state index contributed by atoms with van der Waals surface area (Å²) >= 11 is 0. The molecule has 0 N–H and O–H groups in total. The van der Waals surface area contributed by atoms with Crippen LogP contribution in [0.5, 0.6) is 0 Å². The van der Waals surface area contributed by atoms with E-state index >= 15 is 0 Å². The van der Waals surface area contributed by atoms with Gasteiger partial charge >= 0.3 is 0 Å². The van der Waals surface area contributed by atoms with Gasteiger partial charge in [-0.2, -0.15) is 0 Å². The van der Waals surface area contributed by atoms with Crippen LogP contribution in [0, 0.1) is 5.92 Å². The lowest BCUT2D eigenvalue weighted by molar-refractivity contribution is -0.122. The van der Waals surface area contributed by atoms with Crippen LogP contribution in [0.25, 0.3) is 10.9 Å². The SMILES string of the molecule is C[C@H]1C[C@@H]2C(=O)N(c3ccccc3)C(=O)[C@@H]2c2c1c1ccccc1n2Cc1ccccc1. The summed E-state index contributed by atoms with van der Waals surface area (Å²) in [7, 11) is 0. The van der Waals surface area contributed by atoms with Gasteiger partial charge in [0.15, 0.2) is 0 Å². The van der Waals surface area contributed by atoms with E-state index in [1.165, 1.54) is 21.4 Å². The number of hydrogen-bond donors (Lipinski definition) is 0. The third-order valence-electron chi connectivity index (χ3n) is 7.07. The van der Waals surface area contributed by atoms with Crippen molar-refractivity contribution < 1.29 is 9.59 Å². The maximum absolute atomic E-state index is 13.8. The van der Waals surface area contributed by atoms with E-state index in [9.17, 15) is 9.59 Å². The fraction of sp³-hybridized carbons (Fsp3) is 0.214. The van der Waals surface area contributed by atoms with Gasteiger partial charge in [0.1, 0.15) is 0 Å². The van der Waals surface area contributed by atoms with Crippen molar-refractivity contribution in [1.29, 1.82) is 0 Å². The Balaban J connectivity index is 1.57. The molecule has 4 heteroatoms. The number of rotatable bonds is 3. The third kappa shape index (κ3) is 2.69. The third-order valence-corrected chi connectivity index (χ3v) is 7.07. The van der Waals surface area contributed by atoms with E-state index in [1.807, 2.05) is 48.5 Å². The Hall–Kier alpha value is -3.66. The lowest BCUT2D eigenvalue weighted by Crippen LogP contribution is -2.30. The highest BCUT2D eigenvalue weighted by molar-refractivity contribution is 6.24. The highest BCUT2D eigenvalue weighted by Gasteiger charge is 2.54. The van der Waals surface area contributed by atoms with E-state index in [0.29, 0.717) is 18.7 Å². The topological polar surface area (TPSA) is 42.3 Å². The van der Waals surface area contributed by atoms with Crippen molar-refractivity contribution in [3.63, 3.8) is 0 Å². The number of imide groups is 1. The number of fused-ring (bicyclic) bond motifs is 5. The lowest BCUT2D eigenvalue weighted by atomic mass is 9.74. The molecule has 0 saturated carbocycles. The second-order valence-electron chi connectivity index (χ2n) is 8.96. The maximum Gasteiger partial charge on any atom is 0.243 e. The van der Waals surface area contributed by atoms with Crippen molar-refractivity contribution in [2.24, 2.45) is 5.92 Å². The van der Waals surface area contributed by atoms with Gasteiger partial charge in [-0.25, -0.2) is 4.90 Å². The second-order valence-corrected chi connectivity index (χ2v) is 8.96. The molecule has 1 aromatic heterocycles. The zero-order valence-corrected chi connectivity index (χ0v) is 17.9. The average Bonchev–Trinajstić information content (AvgIpc) is 3.27. The molecule has 4 nitrogen and oxygen atoms in total. The van der Waals surface area contributed by atoms with E-state index < -0.39 is 5.92 Å². The van der Waals surface area contributed by atoms with Gasteiger partial charge in [0, 0.05) is 23.1 Å². The molecule has 2 heterocycles. The Bertz CT molecular complexity index is 1340. The van der Waals surface area contributed by atoms with Crippen molar-refractivity contribution in [3.05, 3.63) is 102 Å². The van der Waals surface area contributed by atoms with Crippen LogP contribution in [-0.4, -0.2) is 16.4 Å². The van der Waals surface area contributed by atoms with E-state index in [4.69, 9.17) is 0 Å². The molecule has 0 radical (unpaired) electrons. The summed E-state index contributed by atoms with van der Waals surface area (Å²) in [5.74, 6) is -0.716. The summed E-state index contributed by atoms with van der Waals surface area (Å²) in [5.41, 5.74) is 5.23. The van der Waals surface area contributed by atoms with Crippen molar-refractivity contribution >= 4 is 28.4 Å². The Morgan fingerprint density at radius 3 is 2.22 bits per heavy atom. The minimum Gasteiger partial charge on any atom is -0.339 e. The first-order valence-electron chi connectivity index (χ1n) is 11.2. The van der Waals surface area contributed by atoms with Crippen LogP contribution in [-0.2, 0) is 16.1 Å². The minimum absolute atomic E-state index is 0.0692. The van der Waals surface area contributed by atoms with Gasteiger partial charge in [-0.1, -0.05) is 73.7 Å². The summed E-state index contributed by atoms with van der Waals surface area (Å²) < 4.78 is 2.28. The first-order chi connectivity index (χ1) is 15.6. The van der Waals surface area contributed by atoms with Gasteiger partial charge in [0.05, 0.1) is 17.5 Å². The highest BCUT2D eigenvalue weighted by Crippen LogP contribution is 2.51. The van der Waals surface area contributed by atoms with Crippen LogP contribution in [0.4, 0.5) is 5.69 Å². The smallest absolute Gasteiger partial charge is 0.243 e. The van der Waals surface area contributed by atoms with Gasteiger partial charge in [-0.15, -0.1) is 0 Å². The number of nitrogens with zero attached hydrogens (tertiary/aromatic N) is 2. The van der Waals surface area contributed by atoms with Crippen molar-refractivity contribution in [2.45, 2.75) is 31.7 Å². The molecule has 6 rings (SSSR count). The van der Waals surface area contributed by atoms with E-state index in [-0.39, 0.29) is 23.7 Å². The van der Waals surface area contributed by atoms with E-state index in [0.717, 1.165) is 11.2 Å². The highest BCUT2D eigenvalue weighted by atomic mass is 16.2. The molecule has 0 spiro atoms. The molecule has 3 aromatic carbocycles. The number of hydrogen-bond acceptors (Lipinski definition) is 2. The Morgan fingerprint density at radius 1 is 0.812 bits per heavy atom. The number of carbonyl (C=O) groups excluding carboxylic acids is 2. The summed E-state index contributed by atoms with van der Waals surface area (Å²) in [6.45, 7) is 2.87. The number of carbonyl (C=O) groups is 2. The predicted octanol–water partition coefficient (Wildman–Crippen LogP) is 5.47. The molecule has 1 saturated heterocycles. The zero-order chi connectivity index (χ0) is 21.8. The van der Waals surface area contributed by atoms with Crippen LogP contribution >= 0.6 is 0 Å². The van der Waals surface area contributed by atoms with E-state index in [1.54, 1.807) is 0 Å². The molecule has 1 aliphatic heterocycles. The van der Waals surface area contributed by atoms with Gasteiger partial charge in [0.25, 0.3) is 0 Å². The second kappa shape index (κ2) is 7.20. The van der Waals surface area contributed by atoms with Gasteiger partial charge in [-0.3, -0.25) is 9.59 Å². The summed E-state index contributed by atoms with van der Waals surface area (Å²) in [4.78, 5) is 28.7. The zero-order valence-electron chi connectivity index (χ0n) is 17.9. The molecule has 32 heavy (non-hydrogen) atoms. The predicted molar refractivity (Wildman–Crippen MR) is 126 cm³/mol. The standard InChI is InChI=1S/C28H24N2O2/c1-18-16-22-25(28(32)30(27(22)31)20-12-6-3-7-13-20)26-24(18)21-14-8-9-15-23(21)29(26)17-19-10-4-2-5-11-19/h2-15,18,22,25H,16-17H2,1H3/t18-,22-,25-/m0/s1. The minimum atomic E-state index is -0.440. The Kier molecular flexibility index (Phi) is 4.29. The molecular weight excluding hydrogens is 396 g/mol. The number of aromatic nitrogens is 1. The van der Waals surface area contributed by atoms with E-state index in [2.05, 4.69) is 47.9 Å². The number of para-hydroxylation sites is 2. The van der Waals surface area contributed by atoms with Crippen LogP contribution in [0.15, 0.2) is 84.9 Å². The fourth-order valence-electron chi connectivity index (χ4n) is 5.74. The van der Waals surface area contributed by atoms with Crippen molar-refractivity contribution in [1.82, 2.24) is 4.57 Å². The molecule has 2 aliphatic rings. The Morgan fingerprint density at radius 2 is 1.47 bits per heavy atom. The first-order valence-corrected chi connectivity index (χ1v) is 11.2. The largest absolute Gasteiger partial charge is 0.339 e. The van der Waals surface area contributed by atoms with Crippen LogP contribution in [0.1, 0.15) is 42.0 Å². The number of anilines is 1. The quantitative estimate of drug-likeness (QED) is 0.413. The molecule has 1 fully saturated rings. The van der Waals surface area contributed by atoms with Gasteiger partial charge < -0.3 is 4.57 Å². The summed E-state index contributed by atoms with van der Waals surface area (Å²) in [5, 5.41) is 1.20.